The highest BCUT2D eigenvalue weighted by molar-refractivity contribution is 5.85. The summed E-state index contributed by atoms with van der Waals surface area (Å²) in [7, 11) is 1.58. The largest absolute Gasteiger partial charge is 0.493 e. The predicted octanol–water partition coefficient (Wildman–Crippen LogP) is 2.25. The highest BCUT2D eigenvalue weighted by atomic mass is 16.5. The average Bonchev–Trinajstić information content (AvgIpc) is 2.52. The van der Waals surface area contributed by atoms with Gasteiger partial charge in [-0.2, -0.15) is 0 Å². The molecule has 0 fully saturated rings. The molecule has 0 spiro atoms. The number of methoxy groups -OCH3 is 1. The van der Waals surface area contributed by atoms with Crippen LogP contribution in [0, 0.1) is 0 Å². The molecule has 0 aliphatic heterocycles. The number of aromatic nitrogens is 1. The van der Waals surface area contributed by atoms with Crippen molar-refractivity contribution in [2.24, 2.45) is 0 Å². The molecule has 0 saturated heterocycles. The third kappa shape index (κ3) is 4.10. The normalized spacial score (nSPS) is 9.95. The van der Waals surface area contributed by atoms with Crippen LogP contribution in [-0.4, -0.2) is 36.4 Å². The average molecular weight is 289 g/mol. The van der Waals surface area contributed by atoms with Gasteiger partial charge < -0.3 is 19.3 Å². The van der Waals surface area contributed by atoms with Crippen LogP contribution in [0.1, 0.15) is 10.5 Å². The van der Waals surface area contributed by atoms with Gasteiger partial charge in [0.2, 0.25) is 0 Å². The highest BCUT2D eigenvalue weighted by Crippen LogP contribution is 2.25. The first kappa shape index (κ1) is 14.6. The number of ether oxygens (including phenoxy) is 3. The van der Waals surface area contributed by atoms with Gasteiger partial charge in [-0.15, -0.1) is 0 Å². The number of carboxylic acids is 1. The van der Waals surface area contributed by atoms with Crippen LogP contribution < -0.4 is 14.2 Å². The Kier molecular flexibility index (Phi) is 4.98. The zero-order valence-corrected chi connectivity index (χ0v) is 11.5. The summed E-state index contributed by atoms with van der Waals surface area (Å²) >= 11 is 0. The summed E-state index contributed by atoms with van der Waals surface area (Å²) in [5.74, 6) is 0.720. The minimum absolute atomic E-state index is 0.0207. The number of rotatable bonds is 7. The fraction of sp³-hybridized carbons (Fsp3) is 0.200. The first-order valence-electron chi connectivity index (χ1n) is 6.28. The topological polar surface area (TPSA) is 77.9 Å². The predicted molar refractivity (Wildman–Crippen MR) is 75.2 cm³/mol. The van der Waals surface area contributed by atoms with Gasteiger partial charge >= 0.3 is 5.97 Å². The zero-order valence-electron chi connectivity index (χ0n) is 11.5. The van der Waals surface area contributed by atoms with Crippen LogP contribution in [-0.2, 0) is 0 Å². The van der Waals surface area contributed by atoms with Crippen LogP contribution in [0.4, 0.5) is 0 Å². The Morgan fingerprint density at radius 1 is 1.10 bits per heavy atom. The van der Waals surface area contributed by atoms with E-state index in [1.165, 1.54) is 12.3 Å². The van der Waals surface area contributed by atoms with Crippen LogP contribution in [0.2, 0.25) is 0 Å². The SMILES string of the molecule is COc1ccccc1OCCOc1ccc(C(=O)O)nc1. The summed E-state index contributed by atoms with van der Waals surface area (Å²) in [4.78, 5) is 14.4. The molecule has 0 unspecified atom stereocenters. The summed E-state index contributed by atoms with van der Waals surface area (Å²) in [6.45, 7) is 0.646. The first-order valence-corrected chi connectivity index (χ1v) is 6.28. The van der Waals surface area contributed by atoms with Gasteiger partial charge in [-0.05, 0) is 24.3 Å². The van der Waals surface area contributed by atoms with Crippen molar-refractivity contribution in [3.63, 3.8) is 0 Å². The number of benzene rings is 1. The number of para-hydroxylation sites is 2. The van der Waals surface area contributed by atoms with Crippen LogP contribution in [0.25, 0.3) is 0 Å². The molecule has 2 rings (SSSR count). The van der Waals surface area contributed by atoms with Crippen molar-refractivity contribution < 1.29 is 24.1 Å². The van der Waals surface area contributed by atoms with E-state index < -0.39 is 5.97 Å². The lowest BCUT2D eigenvalue weighted by Crippen LogP contribution is -2.10. The standard InChI is InChI=1S/C15H15NO5/c1-19-13-4-2-3-5-14(13)21-9-8-20-11-6-7-12(15(17)18)16-10-11/h2-7,10H,8-9H2,1H3,(H,17,18). The van der Waals surface area contributed by atoms with E-state index in [9.17, 15) is 4.79 Å². The van der Waals surface area contributed by atoms with E-state index >= 15 is 0 Å². The molecule has 2 aromatic rings. The number of hydrogen-bond donors (Lipinski definition) is 1. The molecule has 6 heteroatoms. The molecular formula is C15H15NO5. The van der Waals surface area contributed by atoms with Gasteiger partial charge in [0.05, 0.1) is 13.3 Å². The smallest absolute Gasteiger partial charge is 0.354 e. The second-order valence-electron chi connectivity index (χ2n) is 4.03. The fourth-order valence-electron chi connectivity index (χ4n) is 1.64. The van der Waals surface area contributed by atoms with Crippen molar-refractivity contribution in [2.45, 2.75) is 0 Å². The number of aromatic carboxylic acids is 1. The molecule has 6 nitrogen and oxygen atoms in total. The number of pyridine rings is 1. The second kappa shape index (κ2) is 7.14. The molecule has 0 atom stereocenters. The van der Waals surface area contributed by atoms with Crippen LogP contribution in [0.3, 0.4) is 0 Å². The number of carbonyl (C=O) groups is 1. The van der Waals surface area contributed by atoms with Gasteiger partial charge in [0, 0.05) is 0 Å². The molecule has 0 bridgehead atoms. The van der Waals surface area contributed by atoms with Gasteiger partial charge in [0.25, 0.3) is 0 Å². The quantitative estimate of drug-likeness (QED) is 0.788. The van der Waals surface area contributed by atoms with Crippen LogP contribution in [0.5, 0.6) is 17.2 Å². The maximum absolute atomic E-state index is 10.7. The summed E-state index contributed by atoms with van der Waals surface area (Å²) in [5.41, 5.74) is -0.0207. The lowest BCUT2D eigenvalue weighted by molar-refractivity contribution is 0.0690. The molecule has 1 N–H and O–H groups in total. The molecule has 0 radical (unpaired) electrons. The zero-order chi connectivity index (χ0) is 15.1. The number of hydrogen-bond acceptors (Lipinski definition) is 5. The molecule has 0 amide bonds. The Hall–Kier alpha value is -2.76. The van der Waals surface area contributed by atoms with Crippen molar-refractivity contribution in [3.05, 3.63) is 48.3 Å². The highest BCUT2D eigenvalue weighted by Gasteiger charge is 2.05. The van der Waals surface area contributed by atoms with Gasteiger partial charge in [0.1, 0.15) is 24.7 Å². The summed E-state index contributed by atoms with van der Waals surface area (Å²) in [6, 6.07) is 10.3. The van der Waals surface area contributed by atoms with Gasteiger partial charge in [-0.25, -0.2) is 9.78 Å². The molecule has 110 valence electrons. The van der Waals surface area contributed by atoms with E-state index in [1.807, 2.05) is 24.3 Å². The van der Waals surface area contributed by atoms with Crippen LogP contribution >= 0.6 is 0 Å². The van der Waals surface area contributed by atoms with Crippen molar-refractivity contribution in [3.8, 4) is 17.2 Å². The molecule has 0 saturated carbocycles. The van der Waals surface area contributed by atoms with Crippen molar-refractivity contribution in [1.29, 1.82) is 0 Å². The van der Waals surface area contributed by atoms with Gasteiger partial charge in [-0.1, -0.05) is 12.1 Å². The lowest BCUT2D eigenvalue weighted by atomic mass is 10.3. The molecule has 0 aliphatic rings. The van der Waals surface area contributed by atoms with Crippen LogP contribution in [0.15, 0.2) is 42.6 Å². The van der Waals surface area contributed by atoms with E-state index in [0.29, 0.717) is 30.5 Å². The molecule has 1 heterocycles. The Bertz CT molecular complexity index is 597. The lowest BCUT2D eigenvalue weighted by Gasteiger charge is -2.11. The summed E-state index contributed by atoms with van der Waals surface area (Å²) in [6.07, 6.45) is 1.37. The minimum Gasteiger partial charge on any atom is -0.493 e. The van der Waals surface area contributed by atoms with E-state index in [2.05, 4.69) is 4.98 Å². The molecule has 1 aromatic heterocycles. The monoisotopic (exact) mass is 289 g/mol. The van der Waals surface area contributed by atoms with Gasteiger partial charge in [-0.3, -0.25) is 0 Å². The third-order valence-corrected chi connectivity index (χ3v) is 2.63. The Labute approximate surface area is 121 Å². The van der Waals surface area contributed by atoms with Crippen molar-refractivity contribution in [2.75, 3.05) is 20.3 Å². The first-order chi connectivity index (χ1) is 10.2. The maximum atomic E-state index is 10.7. The molecule has 1 aromatic carbocycles. The van der Waals surface area contributed by atoms with E-state index in [1.54, 1.807) is 13.2 Å². The van der Waals surface area contributed by atoms with E-state index in [0.717, 1.165) is 0 Å². The molecule has 0 aliphatic carbocycles. The van der Waals surface area contributed by atoms with E-state index in [4.69, 9.17) is 19.3 Å². The minimum atomic E-state index is -1.07. The molecular weight excluding hydrogens is 274 g/mol. The summed E-state index contributed by atoms with van der Waals surface area (Å²) in [5, 5.41) is 8.73. The van der Waals surface area contributed by atoms with Crippen molar-refractivity contribution in [1.82, 2.24) is 4.98 Å². The second-order valence-corrected chi connectivity index (χ2v) is 4.03. The molecule has 21 heavy (non-hydrogen) atoms. The Morgan fingerprint density at radius 2 is 1.81 bits per heavy atom. The fourth-order valence-corrected chi connectivity index (χ4v) is 1.64. The summed E-state index contributed by atoms with van der Waals surface area (Å²) < 4.78 is 16.1. The van der Waals surface area contributed by atoms with Gasteiger partial charge in [0.15, 0.2) is 11.5 Å². The Morgan fingerprint density at radius 3 is 2.43 bits per heavy atom. The number of nitrogens with zero attached hydrogens (tertiary/aromatic N) is 1. The maximum Gasteiger partial charge on any atom is 0.354 e. The van der Waals surface area contributed by atoms with E-state index in [-0.39, 0.29) is 5.69 Å². The van der Waals surface area contributed by atoms with Crippen molar-refractivity contribution >= 4 is 5.97 Å². The third-order valence-electron chi connectivity index (χ3n) is 2.63. The Balaban J connectivity index is 1.80. The number of carboxylic acid groups (broad SMARTS) is 1.